The number of carbonyl (C=O) groups is 2. The Hall–Kier alpha value is -3.61. The topological polar surface area (TPSA) is 51.5 Å². The molecule has 3 aromatic carbocycles. The average molecular weight is 455 g/mol. The fraction of sp³-hybridized carbons (Fsp3) is 0.111. The summed E-state index contributed by atoms with van der Waals surface area (Å²) in [7, 11) is 0. The number of hydrogen-bond acceptors (Lipinski definition) is 4. The number of aromatic nitrogens is 1. The maximum atomic E-state index is 12.4. The number of nitrogens with zero attached hydrogens (tertiary/aromatic N) is 2. The van der Waals surface area contributed by atoms with E-state index in [0.717, 1.165) is 22.0 Å². The van der Waals surface area contributed by atoms with Gasteiger partial charge < -0.3 is 9.30 Å². The highest BCUT2D eigenvalue weighted by molar-refractivity contribution is 8.27. The van der Waals surface area contributed by atoms with E-state index in [1.165, 1.54) is 4.90 Å². The van der Waals surface area contributed by atoms with Gasteiger partial charge in [0.1, 0.15) is 6.10 Å². The Labute approximate surface area is 196 Å². The van der Waals surface area contributed by atoms with Gasteiger partial charge in [-0.3, -0.25) is 14.5 Å². The number of carbonyl (C=O) groups excluding carboxylic acids is 2. The van der Waals surface area contributed by atoms with Gasteiger partial charge in [-0.15, -0.1) is 0 Å². The molecule has 4 aromatic rings. The smallest absolute Gasteiger partial charge is 0.298 e. The van der Waals surface area contributed by atoms with Crippen LogP contribution in [0.3, 0.4) is 0 Å². The summed E-state index contributed by atoms with van der Waals surface area (Å²) in [4.78, 5) is 25.8. The van der Waals surface area contributed by atoms with Crippen molar-refractivity contribution in [2.45, 2.75) is 19.3 Å². The van der Waals surface area contributed by atoms with E-state index < -0.39 is 0 Å². The van der Waals surface area contributed by atoms with E-state index in [9.17, 15) is 9.59 Å². The van der Waals surface area contributed by atoms with Crippen LogP contribution in [0.1, 0.15) is 17.2 Å². The van der Waals surface area contributed by atoms with Crippen LogP contribution in [0.25, 0.3) is 10.9 Å². The Morgan fingerprint density at radius 1 is 0.879 bits per heavy atom. The second-order valence-corrected chi connectivity index (χ2v) is 8.74. The summed E-state index contributed by atoms with van der Waals surface area (Å²) in [6.07, 6.45) is 1.83. The van der Waals surface area contributed by atoms with Crippen LogP contribution in [0.4, 0.5) is 10.5 Å². The molecule has 1 amide bonds. The molecule has 1 atom stereocenters. The molecular formula is C27H22N2O3S. The number of hydrogen-bond donors (Lipinski definition) is 0. The first kappa shape index (κ1) is 21.2. The van der Waals surface area contributed by atoms with Gasteiger partial charge in [0, 0.05) is 23.3 Å². The Kier molecular flexibility index (Phi) is 5.86. The predicted molar refractivity (Wildman–Crippen MR) is 132 cm³/mol. The maximum absolute atomic E-state index is 12.4. The molecule has 0 saturated carbocycles. The molecule has 164 valence electrons. The van der Waals surface area contributed by atoms with E-state index in [-0.39, 0.29) is 22.2 Å². The van der Waals surface area contributed by atoms with E-state index >= 15 is 0 Å². The predicted octanol–water partition coefficient (Wildman–Crippen LogP) is 6.31. The summed E-state index contributed by atoms with van der Waals surface area (Å²) in [6.45, 7) is 4.92. The zero-order valence-corrected chi connectivity index (χ0v) is 18.7. The molecule has 2 heterocycles. The zero-order valence-electron chi connectivity index (χ0n) is 17.9. The van der Waals surface area contributed by atoms with Gasteiger partial charge in [0.05, 0.1) is 30.1 Å². The maximum Gasteiger partial charge on any atom is 0.298 e. The minimum atomic E-state index is -0.321. The van der Waals surface area contributed by atoms with Crippen LogP contribution in [0.15, 0.2) is 103 Å². The first-order chi connectivity index (χ1) is 16.1. The van der Waals surface area contributed by atoms with Crippen LogP contribution in [0, 0.1) is 0 Å². The lowest BCUT2D eigenvalue weighted by Crippen LogP contribution is -2.20. The molecule has 5 nitrogen and oxygen atoms in total. The number of benzene rings is 3. The Morgan fingerprint density at radius 2 is 1.61 bits per heavy atom. The van der Waals surface area contributed by atoms with Crippen molar-refractivity contribution >= 4 is 38.7 Å². The molecule has 0 aliphatic carbocycles. The normalized spacial score (nSPS) is 14.9. The molecule has 33 heavy (non-hydrogen) atoms. The van der Waals surface area contributed by atoms with Gasteiger partial charge in [-0.2, -0.15) is 0 Å². The molecule has 5 rings (SSSR count). The molecule has 0 spiro atoms. The van der Waals surface area contributed by atoms with E-state index in [4.69, 9.17) is 4.74 Å². The largest absolute Gasteiger partial charge is 0.367 e. The molecule has 1 unspecified atom stereocenters. The van der Waals surface area contributed by atoms with Crippen LogP contribution in [-0.4, -0.2) is 14.9 Å². The lowest BCUT2D eigenvalue weighted by molar-refractivity contribution is -0.107. The number of anilines is 1. The Morgan fingerprint density at radius 3 is 2.30 bits per heavy atom. The van der Waals surface area contributed by atoms with E-state index in [1.54, 1.807) is 0 Å². The Balaban J connectivity index is 1.46. The third-order valence-corrected chi connectivity index (χ3v) is 6.51. The number of ether oxygens (including phenoxy) is 1. The SMILES string of the molecule is C=C1C(=O)SC(=O)N1c1cccc2c1ccn2CC(OCc1ccccc1)c1ccccc1. The highest BCUT2D eigenvalue weighted by Crippen LogP contribution is 2.38. The summed E-state index contributed by atoms with van der Waals surface area (Å²) in [5.41, 5.74) is 4.03. The standard InChI is InChI=1S/C27H22N2O3S/c1-19-26(30)33-27(31)29(19)24-14-8-13-23-22(24)15-16-28(23)17-25(21-11-6-3-7-12-21)32-18-20-9-4-2-5-10-20/h2-16,25H,1,17-18H2. The summed E-state index contributed by atoms with van der Waals surface area (Å²) in [5, 5.41) is 0.255. The van der Waals surface area contributed by atoms with Crippen LogP contribution < -0.4 is 4.90 Å². The molecule has 1 aromatic heterocycles. The van der Waals surface area contributed by atoms with E-state index in [1.807, 2.05) is 66.9 Å². The van der Waals surface area contributed by atoms with Crippen molar-refractivity contribution in [2.24, 2.45) is 0 Å². The second kappa shape index (κ2) is 9.10. The van der Waals surface area contributed by atoms with Crippen molar-refractivity contribution in [1.29, 1.82) is 0 Å². The van der Waals surface area contributed by atoms with Crippen molar-refractivity contribution in [2.75, 3.05) is 4.90 Å². The quantitative estimate of drug-likeness (QED) is 0.307. The van der Waals surface area contributed by atoms with Crippen LogP contribution in [0.5, 0.6) is 0 Å². The Bertz CT molecular complexity index is 1330. The summed E-state index contributed by atoms with van der Waals surface area (Å²) in [5.74, 6) is 0. The molecule has 1 aliphatic heterocycles. The molecule has 0 radical (unpaired) electrons. The van der Waals surface area contributed by atoms with Gasteiger partial charge in [-0.1, -0.05) is 73.3 Å². The van der Waals surface area contributed by atoms with Gasteiger partial charge in [0.2, 0.25) is 5.12 Å². The number of amides is 1. The minimum Gasteiger partial charge on any atom is -0.367 e. The first-order valence-corrected chi connectivity index (χ1v) is 11.5. The summed E-state index contributed by atoms with van der Waals surface area (Å²) < 4.78 is 8.49. The molecule has 0 bridgehead atoms. The molecular weight excluding hydrogens is 432 g/mol. The lowest BCUT2D eigenvalue weighted by atomic mass is 10.1. The first-order valence-electron chi connectivity index (χ1n) is 10.7. The highest BCUT2D eigenvalue weighted by Gasteiger charge is 2.35. The van der Waals surface area contributed by atoms with Crippen LogP contribution in [-0.2, 0) is 22.7 Å². The number of fused-ring (bicyclic) bond motifs is 1. The summed E-state index contributed by atoms with van der Waals surface area (Å²) >= 11 is 0.681. The third-order valence-electron chi connectivity index (χ3n) is 5.73. The second-order valence-electron chi connectivity index (χ2n) is 7.81. The van der Waals surface area contributed by atoms with Gasteiger partial charge in [0.25, 0.3) is 5.24 Å². The van der Waals surface area contributed by atoms with E-state index in [0.29, 0.717) is 30.6 Å². The molecule has 1 saturated heterocycles. The number of rotatable bonds is 7. The molecule has 6 heteroatoms. The van der Waals surface area contributed by atoms with Gasteiger partial charge in [-0.05, 0) is 29.3 Å². The third kappa shape index (κ3) is 4.23. The van der Waals surface area contributed by atoms with Crippen molar-refractivity contribution < 1.29 is 14.3 Å². The van der Waals surface area contributed by atoms with Crippen molar-refractivity contribution in [3.05, 3.63) is 115 Å². The van der Waals surface area contributed by atoms with Crippen molar-refractivity contribution in [3.63, 3.8) is 0 Å². The number of thioether (sulfide) groups is 1. The van der Waals surface area contributed by atoms with Crippen molar-refractivity contribution in [3.8, 4) is 0 Å². The molecule has 1 fully saturated rings. The van der Waals surface area contributed by atoms with Gasteiger partial charge in [0.15, 0.2) is 0 Å². The zero-order chi connectivity index (χ0) is 22.8. The van der Waals surface area contributed by atoms with Crippen molar-refractivity contribution in [1.82, 2.24) is 4.57 Å². The molecule has 0 N–H and O–H groups in total. The van der Waals surface area contributed by atoms with Gasteiger partial charge >= 0.3 is 0 Å². The average Bonchev–Trinajstić information content (AvgIpc) is 3.37. The monoisotopic (exact) mass is 454 g/mol. The van der Waals surface area contributed by atoms with Gasteiger partial charge in [-0.25, -0.2) is 0 Å². The fourth-order valence-corrected chi connectivity index (χ4v) is 4.73. The van der Waals surface area contributed by atoms with Crippen LogP contribution in [0.2, 0.25) is 0 Å². The lowest BCUT2D eigenvalue weighted by Gasteiger charge is -2.21. The summed E-state index contributed by atoms with van der Waals surface area (Å²) in [6, 6.07) is 28.0. The fourth-order valence-electron chi connectivity index (χ4n) is 4.06. The minimum absolute atomic E-state index is 0.161. The highest BCUT2D eigenvalue weighted by atomic mass is 32.2. The molecule has 1 aliphatic rings. The van der Waals surface area contributed by atoms with Crippen LogP contribution >= 0.6 is 11.8 Å². The van der Waals surface area contributed by atoms with E-state index in [2.05, 4.69) is 35.4 Å².